The first-order valence-corrected chi connectivity index (χ1v) is 8.40. The minimum Gasteiger partial charge on any atom is -0.367 e. The number of piperazine rings is 1. The number of piperidine rings is 1. The van der Waals surface area contributed by atoms with Crippen molar-refractivity contribution in [3.63, 3.8) is 0 Å². The van der Waals surface area contributed by atoms with Gasteiger partial charge in [0, 0.05) is 45.3 Å². The molecule has 5 nitrogen and oxygen atoms in total. The Bertz CT molecular complexity index is 545. The van der Waals surface area contributed by atoms with Gasteiger partial charge in [0.15, 0.2) is 0 Å². The van der Waals surface area contributed by atoms with Crippen molar-refractivity contribution in [1.29, 1.82) is 0 Å². The van der Waals surface area contributed by atoms with E-state index >= 15 is 0 Å². The summed E-state index contributed by atoms with van der Waals surface area (Å²) in [6.45, 7) is 5.14. The van der Waals surface area contributed by atoms with Crippen molar-refractivity contribution in [2.45, 2.75) is 18.9 Å². The summed E-state index contributed by atoms with van der Waals surface area (Å²) in [7, 11) is 0. The van der Waals surface area contributed by atoms with Gasteiger partial charge < -0.3 is 15.5 Å². The van der Waals surface area contributed by atoms with Gasteiger partial charge in [-0.3, -0.25) is 9.69 Å². The highest BCUT2D eigenvalue weighted by Gasteiger charge is 2.29. The average Bonchev–Trinajstić information content (AvgIpc) is 2.62. The van der Waals surface area contributed by atoms with Crippen molar-refractivity contribution in [2.75, 3.05) is 50.7 Å². The Morgan fingerprint density at radius 3 is 2.61 bits per heavy atom. The lowest BCUT2D eigenvalue weighted by atomic mass is 10.0. The molecule has 126 valence electrons. The Morgan fingerprint density at radius 1 is 1.17 bits per heavy atom. The van der Waals surface area contributed by atoms with Crippen molar-refractivity contribution in [3.05, 3.63) is 30.1 Å². The second-order valence-electron chi connectivity index (χ2n) is 6.31. The standard InChI is InChI=1S/C17H25FN4O/c18-15-5-1-2-6-16(15)21-10-8-20(9-11-21)14-4-3-7-22(13-14)17(23)12-19/h1-2,5-6,14H,3-4,7-13,19H2/t14-/m1/s1. The molecule has 2 N–H and O–H groups in total. The molecule has 23 heavy (non-hydrogen) atoms. The second-order valence-corrected chi connectivity index (χ2v) is 6.31. The maximum absolute atomic E-state index is 13.9. The van der Waals surface area contributed by atoms with Gasteiger partial charge in [-0.15, -0.1) is 0 Å². The molecule has 0 radical (unpaired) electrons. The number of carbonyl (C=O) groups excluding carboxylic acids is 1. The summed E-state index contributed by atoms with van der Waals surface area (Å²) in [4.78, 5) is 18.2. The number of hydrogen-bond donors (Lipinski definition) is 1. The maximum Gasteiger partial charge on any atom is 0.236 e. The Kier molecular flexibility index (Phi) is 5.13. The zero-order chi connectivity index (χ0) is 16.2. The molecular formula is C17H25FN4O. The van der Waals surface area contributed by atoms with Gasteiger partial charge in [-0.05, 0) is 25.0 Å². The maximum atomic E-state index is 13.9. The van der Waals surface area contributed by atoms with Crippen LogP contribution in [-0.2, 0) is 4.79 Å². The average molecular weight is 320 g/mol. The minimum absolute atomic E-state index is 0.0414. The minimum atomic E-state index is -0.154. The van der Waals surface area contributed by atoms with Crippen LogP contribution in [-0.4, -0.2) is 67.6 Å². The lowest BCUT2D eigenvalue weighted by molar-refractivity contribution is -0.131. The summed E-state index contributed by atoms with van der Waals surface area (Å²) in [5, 5.41) is 0. The smallest absolute Gasteiger partial charge is 0.236 e. The third-order valence-electron chi connectivity index (χ3n) is 4.95. The first kappa shape index (κ1) is 16.2. The molecule has 3 rings (SSSR count). The van der Waals surface area contributed by atoms with Crippen molar-refractivity contribution < 1.29 is 9.18 Å². The monoisotopic (exact) mass is 320 g/mol. The molecule has 2 fully saturated rings. The van der Waals surface area contributed by atoms with Gasteiger partial charge in [-0.25, -0.2) is 4.39 Å². The van der Waals surface area contributed by atoms with E-state index in [4.69, 9.17) is 5.73 Å². The Hall–Kier alpha value is -1.66. The van der Waals surface area contributed by atoms with Gasteiger partial charge in [0.25, 0.3) is 0 Å². The first-order chi connectivity index (χ1) is 11.2. The number of nitrogens with two attached hydrogens (primary N) is 1. The van der Waals surface area contributed by atoms with Crippen LogP contribution in [0.15, 0.2) is 24.3 Å². The van der Waals surface area contributed by atoms with E-state index in [0.717, 1.165) is 52.1 Å². The number of anilines is 1. The summed E-state index contributed by atoms with van der Waals surface area (Å²) in [5.41, 5.74) is 6.17. The molecule has 1 amide bonds. The fraction of sp³-hybridized carbons (Fsp3) is 0.588. The largest absolute Gasteiger partial charge is 0.367 e. The van der Waals surface area contributed by atoms with Crippen LogP contribution >= 0.6 is 0 Å². The zero-order valence-corrected chi connectivity index (χ0v) is 13.5. The Balaban J connectivity index is 1.56. The predicted octanol–water partition coefficient (Wildman–Crippen LogP) is 0.897. The van der Waals surface area contributed by atoms with E-state index < -0.39 is 0 Å². The topological polar surface area (TPSA) is 52.8 Å². The van der Waals surface area contributed by atoms with Gasteiger partial charge >= 0.3 is 0 Å². The molecule has 1 atom stereocenters. The van der Waals surface area contributed by atoms with E-state index in [2.05, 4.69) is 9.80 Å². The zero-order valence-electron chi connectivity index (χ0n) is 13.5. The fourth-order valence-electron chi connectivity index (χ4n) is 3.64. The van der Waals surface area contributed by atoms with Gasteiger partial charge in [0.2, 0.25) is 5.91 Å². The van der Waals surface area contributed by atoms with Gasteiger partial charge in [0.05, 0.1) is 12.2 Å². The SMILES string of the molecule is NCC(=O)N1CCC[C@@H](N2CCN(c3ccccc3F)CC2)C1. The number of nitrogens with zero attached hydrogens (tertiary/aromatic N) is 3. The number of carbonyl (C=O) groups is 1. The molecule has 0 unspecified atom stereocenters. The van der Waals surface area contributed by atoms with Crippen LogP contribution in [0.3, 0.4) is 0 Å². The number of amides is 1. The highest BCUT2D eigenvalue weighted by Crippen LogP contribution is 2.23. The van der Waals surface area contributed by atoms with E-state index in [9.17, 15) is 9.18 Å². The van der Waals surface area contributed by atoms with Crippen LogP contribution in [0.4, 0.5) is 10.1 Å². The first-order valence-electron chi connectivity index (χ1n) is 8.40. The lowest BCUT2D eigenvalue weighted by Crippen LogP contribution is -2.56. The molecule has 0 saturated carbocycles. The Labute approximate surface area is 136 Å². The number of para-hydroxylation sites is 1. The molecule has 0 aromatic heterocycles. The molecule has 0 aliphatic carbocycles. The van der Waals surface area contributed by atoms with Crippen molar-refractivity contribution >= 4 is 11.6 Å². The molecular weight excluding hydrogens is 295 g/mol. The normalized spacial score (nSPS) is 23.1. The second kappa shape index (κ2) is 7.27. The van der Waals surface area contributed by atoms with Gasteiger partial charge in [-0.1, -0.05) is 12.1 Å². The van der Waals surface area contributed by atoms with Gasteiger partial charge in [0.1, 0.15) is 5.82 Å². The summed E-state index contributed by atoms with van der Waals surface area (Å²) in [5.74, 6) is -0.113. The number of likely N-dealkylation sites (tertiary alicyclic amines) is 1. The van der Waals surface area contributed by atoms with E-state index in [1.54, 1.807) is 6.07 Å². The van der Waals surface area contributed by atoms with E-state index in [-0.39, 0.29) is 18.3 Å². The molecule has 2 aliphatic rings. The molecule has 6 heteroatoms. The third kappa shape index (κ3) is 3.64. The number of hydrogen-bond acceptors (Lipinski definition) is 4. The van der Waals surface area contributed by atoms with Crippen LogP contribution in [0.2, 0.25) is 0 Å². The molecule has 2 saturated heterocycles. The number of benzene rings is 1. The van der Waals surface area contributed by atoms with Crippen LogP contribution in [0, 0.1) is 5.82 Å². The molecule has 1 aromatic rings. The quantitative estimate of drug-likeness (QED) is 0.899. The fourth-order valence-corrected chi connectivity index (χ4v) is 3.64. The summed E-state index contributed by atoms with van der Waals surface area (Å²) < 4.78 is 13.9. The predicted molar refractivity (Wildman–Crippen MR) is 88.8 cm³/mol. The molecule has 2 heterocycles. The van der Waals surface area contributed by atoms with Crippen LogP contribution < -0.4 is 10.6 Å². The van der Waals surface area contributed by atoms with Gasteiger partial charge in [-0.2, -0.15) is 0 Å². The summed E-state index contributed by atoms with van der Waals surface area (Å²) in [6, 6.07) is 7.36. The highest BCUT2D eigenvalue weighted by molar-refractivity contribution is 5.78. The molecule has 2 aliphatic heterocycles. The molecule has 0 spiro atoms. The van der Waals surface area contributed by atoms with Crippen LogP contribution in [0.5, 0.6) is 0 Å². The highest BCUT2D eigenvalue weighted by atomic mass is 19.1. The van der Waals surface area contributed by atoms with E-state index in [1.165, 1.54) is 6.07 Å². The summed E-state index contributed by atoms with van der Waals surface area (Å²) in [6.07, 6.45) is 2.15. The van der Waals surface area contributed by atoms with E-state index in [1.807, 2.05) is 17.0 Å². The van der Waals surface area contributed by atoms with Crippen molar-refractivity contribution in [2.24, 2.45) is 5.73 Å². The van der Waals surface area contributed by atoms with Crippen molar-refractivity contribution in [3.8, 4) is 0 Å². The summed E-state index contributed by atoms with van der Waals surface area (Å²) >= 11 is 0. The van der Waals surface area contributed by atoms with Crippen LogP contribution in [0.25, 0.3) is 0 Å². The molecule has 0 bridgehead atoms. The molecule has 1 aromatic carbocycles. The number of halogens is 1. The lowest BCUT2D eigenvalue weighted by Gasteiger charge is -2.44. The van der Waals surface area contributed by atoms with E-state index in [0.29, 0.717) is 11.7 Å². The van der Waals surface area contributed by atoms with Crippen LogP contribution in [0.1, 0.15) is 12.8 Å². The number of rotatable bonds is 3. The third-order valence-corrected chi connectivity index (χ3v) is 4.95. The Morgan fingerprint density at radius 2 is 1.91 bits per heavy atom. The van der Waals surface area contributed by atoms with Crippen molar-refractivity contribution in [1.82, 2.24) is 9.80 Å².